The van der Waals surface area contributed by atoms with Crippen molar-refractivity contribution in [1.29, 1.82) is 0 Å². The largest absolute Gasteiger partial charge is 0.497 e. The average molecular weight is 274 g/mol. The highest BCUT2D eigenvalue weighted by molar-refractivity contribution is 5.59. The fourth-order valence-electron chi connectivity index (χ4n) is 1.71. The summed E-state index contributed by atoms with van der Waals surface area (Å²) in [6.45, 7) is 0.383. The van der Waals surface area contributed by atoms with E-state index in [0.29, 0.717) is 6.54 Å². The van der Waals surface area contributed by atoms with Crippen molar-refractivity contribution in [3.63, 3.8) is 0 Å². The van der Waals surface area contributed by atoms with Crippen LogP contribution in [0.4, 0.5) is 17.3 Å². The minimum absolute atomic E-state index is 0.109. The molecule has 2 rings (SSSR count). The number of ether oxygens (including phenoxy) is 1. The van der Waals surface area contributed by atoms with Crippen LogP contribution in [0.15, 0.2) is 36.4 Å². The molecule has 0 aliphatic rings. The van der Waals surface area contributed by atoms with E-state index in [1.807, 2.05) is 24.3 Å². The predicted molar refractivity (Wildman–Crippen MR) is 75.6 cm³/mol. The minimum atomic E-state index is -0.500. The third-order valence-corrected chi connectivity index (χ3v) is 2.69. The first-order chi connectivity index (χ1) is 9.60. The number of anilines is 2. The molecule has 0 atom stereocenters. The van der Waals surface area contributed by atoms with Crippen LogP contribution in [0, 0.1) is 10.1 Å². The standard InChI is InChI=1S/C13H14N4O3/c1-20-10-4-2-3-9(7-10)8-15-13-11(17(18)19)5-6-12(14)16-13/h2-7H,8H2,1H3,(H3,14,15,16). The van der Waals surface area contributed by atoms with Gasteiger partial charge in [0.05, 0.1) is 12.0 Å². The summed E-state index contributed by atoms with van der Waals surface area (Å²) in [5.41, 5.74) is 6.36. The molecule has 7 heteroatoms. The van der Waals surface area contributed by atoms with E-state index in [4.69, 9.17) is 10.5 Å². The molecule has 7 nitrogen and oxygen atoms in total. The number of nitrogens with one attached hydrogen (secondary N) is 1. The predicted octanol–water partition coefficient (Wildman–Crippen LogP) is 2.19. The van der Waals surface area contributed by atoms with E-state index in [2.05, 4.69) is 10.3 Å². The Morgan fingerprint density at radius 1 is 1.40 bits per heavy atom. The van der Waals surface area contributed by atoms with Gasteiger partial charge < -0.3 is 15.8 Å². The lowest BCUT2D eigenvalue weighted by Gasteiger charge is -2.08. The lowest BCUT2D eigenvalue weighted by atomic mass is 10.2. The molecular weight excluding hydrogens is 260 g/mol. The maximum absolute atomic E-state index is 10.9. The maximum atomic E-state index is 10.9. The van der Waals surface area contributed by atoms with Crippen molar-refractivity contribution in [2.45, 2.75) is 6.54 Å². The van der Waals surface area contributed by atoms with Crippen molar-refractivity contribution in [3.05, 3.63) is 52.1 Å². The number of methoxy groups -OCH3 is 1. The highest BCUT2D eigenvalue weighted by Gasteiger charge is 2.15. The highest BCUT2D eigenvalue weighted by Crippen LogP contribution is 2.23. The summed E-state index contributed by atoms with van der Waals surface area (Å²) in [5, 5.41) is 13.8. The Morgan fingerprint density at radius 3 is 2.90 bits per heavy atom. The van der Waals surface area contributed by atoms with Crippen molar-refractivity contribution in [3.8, 4) is 5.75 Å². The number of nitro groups is 1. The molecule has 0 saturated heterocycles. The van der Waals surface area contributed by atoms with Gasteiger partial charge in [-0.15, -0.1) is 0 Å². The molecule has 104 valence electrons. The topological polar surface area (TPSA) is 103 Å². The minimum Gasteiger partial charge on any atom is -0.497 e. The molecule has 0 amide bonds. The smallest absolute Gasteiger partial charge is 0.311 e. The van der Waals surface area contributed by atoms with Gasteiger partial charge in [0, 0.05) is 12.6 Å². The molecule has 0 aliphatic carbocycles. The molecule has 0 saturated carbocycles. The Balaban J connectivity index is 2.17. The number of nitrogens with zero attached hydrogens (tertiary/aromatic N) is 2. The van der Waals surface area contributed by atoms with E-state index < -0.39 is 4.92 Å². The van der Waals surface area contributed by atoms with Gasteiger partial charge in [-0.05, 0) is 23.8 Å². The van der Waals surface area contributed by atoms with Crippen molar-refractivity contribution >= 4 is 17.3 Å². The van der Waals surface area contributed by atoms with Crippen molar-refractivity contribution in [1.82, 2.24) is 4.98 Å². The monoisotopic (exact) mass is 274 g/mol. The Labute approximate surface area is 115 Å². The molecule has 0 fully saturated rings. The lowest BCUT2D eigenvalue weighted by molar-refractivity contribution is -0.384. The lowest BCUT2D eigenvalue weighted by Crippen LogP contribution is -2.06. The fraction of sp³-hybridized carbons (Fsp3) is 0.154. The van der Waals surface area contributed by atoms with E-state index in [1.54, 1.807) is 7.11 Å². The number of aromatic nitrogens is 1. The molecular formula is C13H14N4O3. The zero-order valence-electron chi connectivity index (χ0n) is 10.9. The van der Waals surface area contributed by atoms with E-state index in [9.17, 15) is 10.1 Å². The van der Waals surface area contributed by atoms with Gasteiger partial charge in [0.25, 0.3) is 0 Å². The zero-order valence-corrected chi connectivity index (χ0v) is 10.9. The number of hydrogen-bond acceptors (Lipinski definition) is 6. The fourth-order valence-corrected chi connectivity index (χ4v) is 1.71. The molecule has 0 radical (unpaired) electrons. The number of rotatable bonds is 5. The first-order valence-corrected chi connectivity index (χ1v) is 5.88. The van der Waals surface area contributed by atoms with Crippen molar-refractivity contribution in [2.24, 2.45) is 0 Å². The molecule has 0 unspecified atom stereocenters. The number of benzene rings is 1. The molecule has 20 heavy (non-hydrogen) atoms. The summed E-state index contributed by atoms with van der Waals surface area (Å²) in [4.78, 5) is 14.4. The van der Waals surface area contributed by atoms with E-state index >= 15 is 0 Å². The van der Waals surface area contributed by atoms with Gasteiger partial charge in [0.1, 0.15) is 11.6 Å². The molecule has 1 aromatic heterocycles. The van der Waals surface area contributed by atoms with Crippen LogP contribution in [0.5, 0.6) is 5.75 Å². The first-order valence-electron chi connectivity index (χ1n) is 5.88. The Morgan fingerprint density at radius 2 is 2.20 bits per heavy atom. The first kappa shape index (κ1) is 13.6. The molecule has 0 spiro atoms. The Hall–Kier alpha value is -2.83. The van der Waals surface area contributed by atoms with Crippen LogP contribution in [0.2, 0.25) is 0 Å². The second-order valence-electron chi connectivity index (χ2n) is 4.07. The summed E-state index contributed by atoms with van der Waals surface area (Å²) in [5.74, 6) is 1.10. The number of nitrogens with two attached hydrogens (primary N) is 1. The summed E-state index contributed by atoms with van der Waals surface area (Å²) in [7, 11) is 1.58. The Bertz CT molecular complexity index is 631. The van der Waals surface area contributed by atoms with Crippen LogP contribution >= 0.6 is 0 Å². The second kappa shape index (κ2) is 5.87. The van der Waals surface area contributed by atoms with Crippen LogP contribution in [-0.2, 0) is 6.54 Å². The summed E-state index contributed by atoms with van der Waals surface area (Å²) < 4.78 is 5.12. The van der Waals surface area contributed by atoms with E-state index in [1.165, 1.54) is 12.1 Å². The SMILES string of the molecule is COc1cccc(CNc2nc(N)ccc2[N+](=O)[O-])c1. The number of nitrogen functional groups attached to an aromatic ring is 1. The van der Waals surface area contributed by atoms with Crippen LogP contribution in [-0.4, -0.2) is 17.0 Å². The van der Waals surface area contributed by atoms with Gasteiger partial charge in [-0.25, -0.2) is 4.98 Å². The molecule has 1 aromatic carbocycles. The van der Waals surface area contributed by atoms with E-state index in [0.717, 1.165) is 11.3 Å². The van der Waals surface area contributed by atoms with Gasteiger partial charge in [-0.2, -0.15) is 0 Å². The summed E-state index contributed by atoms with van der Waals surface area (Å²) in [6.07, 6.45) is 0. The average Bonchev–Trinajstić information content (AvgIpc) is 2.45. The molecule has 3 N–H and O–H groups in total. The molecule has 1 heterocycles. The van der Waals surface area contributed by atoms with Gasteiger partial charge in [0.2, 0.25) is 5.82 Å². The molecule has 0 bridgehead atoms. The number of hydrogen-bond donors (Lipinski definition) is 2. The van der Waals surface area contributed by atoms with Crippen LogP contribution < -0.4 is 15.8 Å². The second-order valence-corrected chi connectivity index (χ2v) is 4.07. The van der Waals surface area contributed by atoms with Gasteiger partial charge in [-0.3, -0.25) is 10.1 Å². The summed E-state index contributed by atoms with van der Waals surface area (Å²) >= 11 is 0. The Kier molecular flexibility index (Phi) is 3.99. The van der Waals surface area contributed by atoms with Crippen molar-refractivity contribution < 1.29 is 9.66 Å². The van der Waals surface area contributed by atoms with E-state index in [-0.39, 0.29) is 17.3 Å². The highest BCUT2D eigenvalue weighted by atomic mass is 16.6. The van der Waals surface area contributed by atoms with Gasteiger partial charge >= 0.3 is 5.69 Å². The van der Waals surface area contributed by atoms with Gasteiger partial charge in [0.15, 0.2) is 0 Å². The molecule has 2 aromatic rings. The zero-order chi connectivity index (χ0) is 14.5. The summed E-state index contributed by atoms with van der Waals surface area (Å²) in [6, 6.07) is 10.1. The van der Waals surface area contributed by atoms with Gasteiger partial charge in [-0.1, -0.05) is 12.1 Å². The van der Waals surface area contributed by atoms with Crippen molar-refractivity contribution in [2.75, 3.05) is 18.2 Å². The maximum Gasteiger partial charge on any atom is 0.311 e. The third kappa shape index (κ3) is 3.14. The quantitative estimate of drug-likeness (QED) is 0.640. The normalized spacial score (nSPS) is 10.1. The number of pyridine rings is 1. The van der Waals surface area contributed by atoms with Crippen LogP contribution in [0.25, 0.3) is 0 Å². The molecule has 0 aliphatic heterocycles. The third-order valence-electron chi connectivity index (χ3n) is 2.69. The van der Waals surface area contributed by atoms with Crippen LogP contribution in [0.1, 0.15) is 5.56 Å². The van der Waals surface area contributed by atoms with Crippen LogP contribution in [0.3, 0.4) is 0 Å².